The molecule has 1 aromatic heterocycles. The van der Waals surface area contributed by atoms with Crippen molar-refractivity contribution in [3.63, 3.8) is 0 Å². The standard InChI is InChI=1S/C21H29N3O3S/c25-20(24-9-11-28(26,27)12-10-24)18-14-22-19(17-4-2-1-3-16(17)18)23-21-7-5-15(13-21)6-8-21/h14-15H,1-13H2,(H,22,23). The lowest BCUT2D eigenvalue weighted by atomic mass is 9.87. The molecule has 0 spiro atoms. The molecule has 4 aliphatic rings. The van der Waals surface area contributed by atoms with Crippen LogP contribution in [0.5, 0.6) is 0 Å². The maximum Gasteiger partial charge on any atom is 0.255 e. The molecule has 1 saturated heterocycles. The van der Waals surface area contributed by atoms with Crippen molar-refractivity contribution in [3.8, 4) is 0 Å². The van der Waals surface area contributed by atoms with Gasteiger partial charge in [-0.2, -0.15) is 0 Å². The van der Waals surface area contributed by atoms with Crippen molar-refractivity contribution in [2.75, 3.05) is 29.9 Å². The molecule has 2 bridgehead atoms. The van der Waals surface area contributed by atoms with Crippen LogP contribution in [0.2, 0.25) is 0 Å². The first-order chi connectivity index (χ1) is 13.4. The molecule has 3 fully saturated rings. The Balaban J connectivity index is 1.43. The Morgan fingerprint density at radius 2 is 1.79 bits per heavy atom. The summed E-state index contributed by atoms with van der Waals surface area (Å²) in [5.41, 5.74) is 3.28. The Kier molecular flexibility index (Phi) is 4.41. The first-order valence-electron chi connectivity index (χ1n) is 10.7. The van der Waals surface area contributed by atoms with E-state index in [1.54, 1.807) is 11.1 Å². The molecule has 0 aromatic carbocycles. The molecule has 152 valence electrons. The van der Waals surface area contributed by atoms with Crippen molar-refractivity contribution in [1.82, 2.24) is 9.88 Å². The molecule has 6 nitrogen and oxygen atoms in total. The van der Waals surface area contributed by atoms with E-state index in [2.05, 4.69) is 5.32 Å². The van der Waals surface area contributed by atoms with Crippen molar-refractivity contribution in [2.45, 2.75) is 63.3 Å². The molecule has 1 amide bonds. The first-order valence-corrected chi connectivity index (χ1v) is 12.6. The summed E-state index contributed by atoms with van der Waals surface area (Å²) in [7, 11) is -2.99. The van der Waals surface area contributed by atoms with Gasteiger partial charge in [0.05, 0.1) is 17.1 Å². The smallest absolute Gasteiger partial charge is 0.255 e. The zero-order chi connectivity index (χ0) is 19.4. The number of carbonyl (C=O) groups excluding carboxylic acids is 1. The van der Waals surface area contributed by atoms with Crippen molar-refractivity contribution in [3.05, 3.63) is 22.9 Å². The first kappa shape index (κ1) is 18.4. The maximum absolute atomic E-state index is 13.1. The number of hydrogen-bond acceptors (Lipinski definition) is 5. The predicted molar refractivity (Wildman–Crippen MR) is 108 cm³/mol. The van der Waals surface area contributed by atoms with Crippen LogP contribution in [0.4, 0.5) is 5.82 Å². The summed E-state index contributed by atoms with van der Waals surface area (Å²) in [6.07, 6.45) is 12.2. The fourth-order valence-electron chi connectivity index (χ4n) is 5.74. The van der Waals surface area contributed by atoms with Crippen molar-refractivity contribution >= 4 is 21.6 Å². The summed E-state index contributed by atoms with van der Waals surface area (Å²) in [5.74, 6) is 1.96. The molecule has 1 N–H and O–H groups in total. The predicted octanol–water partition coefficient (Wildman–Crippen LogP) is 2.58. The normalized spacial score (nSPS) is 30.9. The van der Waals surface area contributed by atoms with Gasteiger partial charge in [-0.05, 0) is 74.8 Å². The monoisotopic (exact) mass is 403 g/mol. The van der Waals surface area contributed by atoms with E-state index in [-0.39, 0.29) is 23.0 Å². The highest BCUT2D eigenvalue weighted by atomic mass is 32.2. The number of fused-ring (bicyclic) bond motifs is 3. The van der Waals surface area contributed by atoms with Crippen molar-refractivity contribution < 1.29 is 13.2 Å². The van der Waals surface area contributed by atoms with Gasteiger partial charge >= 0.3 is 0 Å². The van der Waals surface area contributed by atoms with E-state index in [1.807, 2.05) is 0 Å². The van der Waals surface area contributed by atoms with Gasteiger partial charge in [-0.3, -0.25) is 4.79 Å². The van der Waals surface area contributed by atoms with E-state index in [4.69, 9.17) is 4.98 Å². The molecule has 0 unspecified atom stereocenters. The molecule has 0 atom stereocenters. The van der Waals surface area contributed by atoms with Crippen LogP contribution >= 0.6 is 0 Å². The van der Waals surface area contributed by atoms with Crippen LogP contribution in [0.25, 0.3) is 0 Å². The second-order valence-corrected chi connectivity index (χ2v) is 11.5. The highest BCUT2D eigenvalue weighted by Crippen LogP contribution is 2.49. The SMILES string of the molecule is O=C(c1cnc(NC23CCC(CC2)C3)c2c1CCCC2)N1CCS(=O)(=O)CC1. The average molecular weight is 404 g/mol. The van der Waals surface area contributed by atoms with Gasteiger partial charge in [0.15, 0.2) is 9.84 Å². The topological polar surface area (TPSA) is 79.4 Å². The Bertz CT molecular complexity index is 890. The largest absolute Gasteiger partial charge is 0.364 e. The molecule has 0 radical (unpaired) electrons. The van der Waals surface area contributed by atoms with Crippen LogP contribution in [0.15, 0.2) is 6.20 Å². The third kappa shape index (κ3) is 3.21. The molecule has 3 aliphatic carbocycles. The number of nitrogens with zero attached hydrogens (tertiary/aromatic N) is 2. The number of nitrogens with one attached hydrogen (secondary N) is 1. The summed E-state index contributed by atoms with van der Waals surface area (Å²) in [4.78, 5) is 19.6. The van der Waals surface area contributed by atoms with Crippen LogP contribution in [-0.2, 0) is 22.7 Å². The third-order valence-corrected chi connectivity index (χ3v) is 9.00. The van der Waals surface area contributed by atoms with Gasteiger partial charge in [0.25, 0.3) is 5.91 Å². The molecule has 5 rings (SSSR count). The van der Waals surface area contributed by atoms with Gasteiger partial charge in [0.2, 0.25) is 0 Å². The molecule has 2 heterocycles. The lowest BCUT2D eigenvalue weighted by Gasteiger charge is -2.32. The fraction of sp³-hybridized carbons (Fsp3) is 0.714. The molecular weight excluding hydrogens is 374 g/mol. The quantitative estimate of drug-likeness (QED) is 0.839. The fourth-order valence-corrected chi connectivity index (χ4v) is 6.95. The third-order valence-electron chi connectivity index (χ3n) is 7.39. The van der Waals surface area contributed by atoms with E-state index in [1.165, 1.54) is 37.7 Å². The van der Waals surface area contributed by atoms with E-state index in [9.17, 15) is 13.2 Å². The molecule has 2 saturated carbocycles. The van der Waals surface area contributed by atoms with Crippen molar-refractivity contribution in [2.24, 2.45) is 5.92 Å². The average Bonchev–Trinajstić information content (AvgIpc) is 3.28. The minimum atomic E-state index is -2.99. The molecule has 1 aliphatic heterocycles. The minimum Gasteiger partial charge on any atom is -0.364 e. The Labute approximate surface area is 167 Å². The van der Waals surface area contributed by atoms with Crippen molar-refractivity contribution in [1.29, 1.82) is 0 Å². The molecular formula is C21H29N3O3S. The zero-order valence-corrected chi connectivity index (χ0v) is 17.2. The van der Waals surface area contributed by atoms with Gasteiger partial charge in [-0.1, -0.05) is 0 Å². The maximum atomic E-state index is 13.1. The van der Waals surface area contributed by atoms with Gasteiger partial charge in [-0.15, -0.1) is 0 Å². The number of amides is 1. The molecule has 7 heteroatoms. The number of anilines is 1. The molecule has 28 heavy (non-hydrogen) atoms. The summed E-state index contributed by atoms with van der Waals surface area (Å²) >= 11 is 0. The van der Waals surface area contributed by atoms with Crippen LogP contribution in [0.3, 0.4) is 0 Å². The Morgan fingerprint density at radius 1 is 1.11 bits per heavy atom. The van der Waals surface area contributed by atoms with Crippen LogP contribution in [0.1, 0.15) is 66.4 Å². The van der Waals surface area contributed by atoms with Crippen LogP contribution in [0, 0.1) is 5.92 Å². The molecule has 1 aromatic rings. The second kappa shape index (κ2) is 6.71. The Morgan fingerprint density at radius 3 is 2.43 bits per heavy atom. The highest BCUT2D eigenvalue weighted by molar-refractivity contribution is 7.91. The highest BCUT2D eigenvalue weighted by Gasteiger charge is 2.45. The summed E-state index contributed by atoms with van der Waals surface area (Å²) < 4.78 is 23.4. The second-order valence-electron chi connectivity index (χ2n) is 9.18. The van der Waals surface area contributed by atoms with E-state index >= 15 is 0 Å². The zero-order valence-electron chi connectivity index (χ0n) is 16.4. The van der Waals surface area contributed by atoms with Gasteiger partial charge < -0.3 is 10.2 Å². The lowest BCUT2D eigenvalue weighted by Crippen LogP contribution is -2.44. The minimum absolute atomic E-state index is 0.0490. The van der Waals surface area contributed by atoms with E-state index < -0.39 is 9.84 Å². The summed E-state index contributed by atoms with van der Waals surface area (Å²) in [5, 5.41) is 3.81. The number of hydrogen-bond donors (Lipinski definition) is 1. The summed E-state index contributed by atoms with van der Waals surface area (Å²) in [6.45, 7) is 0.584. The van der Waals surface area contributed by atoms with E-state index in [0.29, 0.717) is 18.7 Å². The van der Waals surface area contributed by atoms with Gasteiger partial charge in [-0.25, -0.2) is 13.4 Å². The lowest BCUT2D eigenvalue weighted by molar-refractivity contribution is 0.0768. The number of sulfone groups is 1. The van der Waals surface area contributed by atoms with Crippen LogP contribution in [-0.4, -0.2) is 54.3 Å². The van der Waals surface area contributed by atoms with Gasteiger partial charge in [0, 0.05) is 24.8 Å². The number of pyridine rings is 1. The summed E-state index contributed by atoms with van der Waals surface area (Å²) in [6, 6.07) is 0. The number of rotatable bonds is 3. The van der Waals surface area contributed by atoms with Gasteiger partial charge in [0.1, 0.15) is 5.82 Å². The number of aromatic nitrogens is 1. The van der Waals surface area contributed by atoms with E-state index in [0.717, 1.165) is 43.0 Å². The Hall–Kier alpha value is -1.63. The van der Waals surface area contributed by atoms with Crippen LogP contribution < -0.4 is 5.32 Å². The number of carbonyl (C=O) groups is 1.